The van der Waals surface area contributed by atoms with Gasteiger partial charge in [0.2, 0.25) is 10.0 Å². The molecule has 0 bridgehead atoms. The molecule has 1 saturated heterocycles. The predicted molar refractivity (Wildman–Crippen MR) is 151 cm³/mol. The minimum atomic E-state index is -3.69. The number of hydrogen-bond acceptors (Lipinski definition) is 5. The van der Waals surface area contributed by atoms with Gasteiger partial charge in [-0.25, -0.2) is 17.5 Å². The first-order valence-corrected chi connectivity index (χ1v) is 14.7. The summed E-state index contributed by atoms with van der Waals surface area (Å²) in [5, 5.41) is 5.22. The Morgan fingerprint density at radius 2 is 1.67 bits per heavy atom. The lowest BCUT2D eigenvalue weighted by atomic mass is 9.86. The summed E-state index contributed by atoms with van der Waals surface area (Å²) in [6, 6.07) is 27.2. The van der Waals surface area contributed by atoms with Crippen molar-refractivity contribution in [2.45, 2.75) is 36.3 Å². The van der Waals surface area contributed by atoms with Crippen molar-refractivity contribution in [2.75, 3.05) is 26.3 Å². The largest absolute Gasteiger partial charge is 0.494 e. The zero-order valence-corrected chi connectivity index (χ0v) is 22.5. The number of ether oxygens (including phenoxy) is 2. The lowest BCUT2D eigenvalue weighted by Crippen LogP contribution is -2.49. The van der Waals surface area contributed by atoms with Crippen LogP contribution in [-0.4, -0.2) is 40.8 Å². The van der Waals surface area contributed by atoms with Gasteiger partial charge in [0.1, 0.15) is 11.6 Å². The lowest BCUT2D eigenvalue weighted by molar-refractivity contribution is 0.105. The van der Waals surface area contributed by atoms with Gasteiger partial charge in [-0.15, -0.1) is 0 Å². The number of sulfonamides is 1. The van der Waals surface area contributed by atoms with E-state index in [2.05, 4.69) is 10.0 Å². The highest BCUT2D eigenvalue weighted by atomic mass is 32.2. The standard InChI is InChI=1S/C31H33FN2O4S/c32-30-9-4-3-8-26(30)22-37-18-5-19-38-27-13-10-24(11-14-27)29-16-17-33-21-31(29)34-39(35,36)28-15-12-23-6-1-2-7-25(23)20-28/h1-4,6-15,20,29,31,33-34H,5,16-19,21-22H2/t29-,31-/m1/s1. The summed E-state index contributed by atoms with van der Waals surface area (Å²) in [4.78, 5) is 0.271. The Morgan fingerprint density at radius 1 is 0.897 bits per heavy atom. The predicted octanol–water partition coefficient (Wildman–Crippen LogP) is 5.39. The molecule has 39 heavy (non-hydrogen) atoms. The Hall–Kier alpha value is -3.30. The maximum Gasteiger partial charge on any atom is 0.240 e. The average molecular weight is 549 g/mol. The van der Waals surface area contributed by atoms with Gasteiger partial charge in [0.05, 0.1) is 24.7 Å². The number of hydrogen-bond donors (Lipinski definition) is 2. The molecule has 1 fully saturated rings. The van der Waals surface area contributed by atoms with Crippen molar-refractivity contribution in [3.05, 3.63) is 108 Å². The van der Waals surface area contributed by atoms with E-state index >= 15 is 0 Å². The molecule has 1 heterocycles. The van der Waals surface area contributed by atoms with E-state index in [1.54, 1.807) is 30.3 Å². The number of benzene rings is 4. The van der Waals surface area contributed by atoms with E-state index in [1.165, 1.54) is 6.07 Å². The SMILES string of the molecule is O=S(=O)(N[C@@H]1CNCC[C@@H]1c1ccc(OCCCOCc2ccccc2F)cc1)c1ccc2ccccc2c1. The summed E-state index contributed by atoms with van der Waals surface area (Å²) < 4.78 is 54.6. The molecule has 0 spiro atoms. The molecule has 0 aliphatic carbocycles. The minimum absolute atomic E-state index is 0.0438. The Kier molecular flexibility index (Phi) is 8.88. The van der Waals surface area contributed by atoms with E-state index in [0.717, 1.165) is 35.1 Å². The van der Waals surface area contributed by atoms with E-state index in [1.807, 2.05) is 54.6 Å². The maximum absolute atomic E-state index is 13.6. The summed E-state index contributed by atoms with van der Waals surface area (Å²) in [6.07, 6.45) is 1.51. The van der Waals surface area contributed by atoms with Gasteiger partial charge in [0, 0.05) is 30.5 Å². The van der Waals surface area contributed by atoms with Gasteiger partial charge in [0.15, 0.2) is 0 Å². The fourth-order valence-electron chi connectivity index (χ4n) is 4.94. The number of fused-ring (bicyclic) bond motifs is 1. The Balaban J connectivity index is 1.14. The molecule has 4 aromatic carbocycles. The van der Waals surface area contributed by atoms with Gasteiger partial charge in [-0.3, -0.25) is 0 Å². The van der Waals surface area contributed by atoms with Gasteiger partial charge >= 0.3 is 0 Å². The molecule has 1 aliphatic rings. The molecule has 5 rings (SSSR count). The molecule has 1 aliphatic heterocycles. The first kappa shape index (κ1) is 27.3. The number of piperidine rings is 1. The smallest absolute Gasteiger partial charge is 0.240 e. The summed E-state index contributed by atoms with van der Waals surface area (Å²) >= 11 is 0. The van der Waals surface area contributed by atoms with Crippen LogP contribution in [0.2, 0.25) is 0 Å². The Labute approximate surface area is 229 Å². The zero-order chi connectivity index (χ0) is 27.1. The second-order valence-electron chi connectivity index (χ2n) is 9.75. The van der Waals surface area contributed by atoms with Crippen LogP contribution in [0.4, 0.5) is 4.39 Å². The summed E-state index contributed by atoms with van der Waals surface area (Å²) in [5.41, 5.74) is 1.62. The van der Waals surface area contributed by atoms with Crippen molar-refractivity contribution < 1.29 is 22.3 Å². The van der Waals surface area contributed by atoms with Crippen LogP contribution in [0.15, 0.2) is 95.9 Å². The average Bonchev–Trinajstić information content (AvgIpc) is 2.96. The van der Waals surface area contributed by atoms with Crippen molar-refractivity contribution in [1.29, 1.82) is 0 Å². The monoisotopic (exact) mass is 548 g/mol. The molecule has 8 heteroatoms. The topological polar surface area (TPSA) is 76.7 Å². The van der Waals surface area contributed by atoms with Crippen molar-refractivity contribution >= 4 is 20.8 Å². The summed E-state index contributed by atoms with van der Waals surface area (Å²) in [7, 11) is -3.69. The molecule has 0 amide bonds. The van der Waals surface area contributed by atoms with Crippen LogP contribution < -0.4 is 14.8 Å². The van der Waals surface area contributed by atoms with E-state index < -0.39 is 10.0 Å². The van der Waals surface area contributed by atoms with Crippen LogP contribution in [0.1, 0.15) is 29.9 Å². The fourth-order valence-corrected chi connectivity index (χ4v) is 6.25. The molecular weight excluding hydrogens is 515 g/mol. The number of rotatable bonds is 11. The van der Waals surface area contributed by atoms with Gasteiger partial charge in [-0.2, -0.15) is 0 Å². The molecule has 0 saturated carbocycles. The highest BCUT2D eigenvalue weighted by Gasteiger charge is 2.30. The highest BCUT2D eigenvalue weighted by Crippen LogP contribution is 2.29. The maximum atomic E-state index is 13.6. The third-order valence-electron chi connectivity index (χ3n) is 7.05. The van der Waals surface area contributed by atoms with Crippen LogP contribution in [-0.2, 0) is 21.4 Å². The van der Waals surface area contributed by atoms with Crippen molar-refractivity contribution in [3.8, 4) is 5.75 Å². The molecule has 4 aromatic rings. The van der Waals surface area contributed by atoms with E-state index in [0.29, 0.717) is 31.7 Å². The lowest BCUT2D eigenvalue weighted by Gasteiger charge is -2.33. The summed E-state index contributed by atoms with van der Waals surface area (Å²) in [6.45, 7) is 2.58. The molecule has 204 valence electrons. The highest BCUT2D eigenvalue weighted by molar-refractivity contribution is 7.89. The third kappa shape index (κ3) is 7.02. The first-order valence-electron chi connectivity index (χ1n) is 13.3. The number of halogens is 1. The van der Waals surface area contributed by atoms with Crippen LogP contribution in [0.3, 0.4) is 0 Å². The van der Waals surface area contributed by atoms with Crippen LogP contribution in [0.5, 0.6) is 5.75 Å². The van der Waals surface area contributed by atoms with Crippen LogP contribution in [0.25, 0.3) is 10.8 Å². The Morgan fingerprint density at radius 3 is 2.49 bits per heavy atom. The van der Waals surface area contributed by atoms with Crippen molar-refractivity contribution in [2.24, 2.45) is 0 Å². The summed E-state index contributed by atoms with van der Waals surface area (Å²) in [5.74, 6) is 0.531. The van der Waals surface area contributed by atoms with E-state index in [4.69, 9.17) is 9.47 Å². The van der Waals surface area contributed by atoms with Crippen molar-refractivity contribution in [1.82, 2.24) is 10.0 Å². The fraction of sp³-hybridized carbons (Fsp3) is 0.290. The molecule has 2 atom stereocenters. The van der Waals surface area contributed by atoms with E-state index in [9.17, 15) is 12.8 Å². The second kappa shape index (κ2) is 12.7. The normalized spacial score (nSPS) is 17.8. The molecule has 0 aromatic heterocycles. The van der Waals surface area contributed by atoms with Crippen molar-refractivity contribution in [3.63, 3.8) is 0 Å². The molecule has 2 N–H and O–H groups in total. The van der Waals surface area contributed by atoms with E-state index in [-0.39, 0.29) is 29.3 Å². The van der Waals surface area contributed by atoms with Crippen LogP contribution in [0, 0.1) is 5.82 Å². The minimum Gasteiger partial charge on any atom is -0.494 e. The third-order valence-corrected chi connectivity index (χ3v) is 8.53. The molecular formula is C31H33FN2O4S. The van der Waals surface area contributed by atoms with Gasteiger partial charge in [0.25, 0.3) is 0 Å². The second-order valence-corrected chi connectivity index (χ2v) is 11.5. The zero-order valence-electron chi connectivity index (χ0n) is 21.7. The van der Waals surface area contributed by atoms with Gasteiger partial charge < -0.3 is 14.8 Å². The Bertz CT molecular complexity index is 1490. The molecule has 0 unspecified atom stereocenters. The first-order chi connectivity index (χ1) is 19.0. The van der Waals surface area contributed by atoms with Gasteiger partial charge in [-0.1, -0.05) is 60.7 Å². The van der Waals surface area contributed by atoms with Gasteiger partial charge in [-0.05, 0) is 59.6 Å². The molecule has 6 nitrogen and oxygen atoms in total. The quantitative estimate of drug-likeness (QED) is 0.246. The molecule has 0 radical (unpaired) electrons. The van der Waals surface area contributed by atoms with Crippen LogP contribution >= 0.6 is 0 Å². The number of nitrogens with one attached hydrogen (secondary N) is 2.